The number of methoxy groups -OCH3 is 3. The third-order valence-corrected chi connectivity index (χ3v) is 2.44. The van der Waals surface area contributed by atoms with E-state index in [9.17, 15) is 9.18 Å². The summed E-state index contributed by atoms with van der Waals surface area (Å²) in [6, 6.07) is 1.33. The third kappa shape index (κ3) is 2.53. The van der Waals surface area contributed by atoms with Gasteiger partial charge in [0, 0.05) is 12.5 Å². The second-order valence-electron chi connectivity index (χ2n) is 3.47. The minimum absolute atomic E-state index is 0.0175. The predicted octanol–water partition coefficient (Wildman–Crippen LogP) is 1.38. The van der Waals surface area contributed by atoms with Crippen molar-refractivity contribution in [2.75, 3.05) is 27.9 Å². The van der Waals surface area contributed by atoms with Crippen LogP contribution >= 0.6 is 0 Å². The highest BCUT2D eigenvalue weighted by Crippen LogP contribution is 2.38. The maximum atomic E-state index is 14.1. The van der Waals surface area contributed by atoms with Gasteiger partial charge >= 0.3 is 0 Å². The molecule has 1 aromatic rings. The van der Waals surface area contributed by atoms with E-state index in [-0.39, 0.29) is 35.8 Å². The topological polar surface area (TPSA) is 70.8 Å². The van der Waals surface area contributed by atoms with Crippen LogP contribution < -0.4 is 19.9 Å². The van der Waals surface area contributed by atoms with Gasteiger partial charge in [-0.25, -0.2) is 4.39 Å². The van der Waals surface area contributed by atoms with E-state index >= 15 is 0 Å². The van der Waals surface area contributed by atoms with E-state index in [1.54, 1.807) is 0 Å². The molecule has 1 aromatic carbocycles. The Balaban J connectivity index is 3.47. The molecular weight excluding hydrogens is 241 g/mol. The maximum absolute atomic E-state index is 14.1. The monoisotopic (exact) mass is 257 g/mol. The summed E-state index contributed by atoms with van der Waals surface area (Å²) in [5, 5.41) is 0. The van der Waals surface area contributed by atoms with Crippen LogP contribution in [0, 0.1) is 5.82 Å². The molecule has 0 bridgehead atoms. The number of nitrogens with two attached hydrogens (primary N) is 1. The molecule has 0 aliphatic rings. The molecule has 6 heteroatoms. The zero-order valence-corrected chi connectivity index (χ0v) is 10.6. The molecular formula is C12H16FNO4. The van der Waals surface area contributed by atoms with E-state index < -0.39 is 11.6 Å². The molecule has 0 saturated carbocycles. The third-order valence-electron chi connectivity index (χ3n) is 2.44. The van der Waals surface area contributed by atoms with Crippen LogP contribution in [0.5, 0.6) is 17.2 Å². The Bertz CT molecular complexity index is 448. The molecule has 0 saturated heterocycles. The summed E-state index contributed by atoms with van der Waals surface area (Å²) >= 11 is 0. The number of Topliss-reactive ketones (excluding diaryl/α,β-unsaturated/α-hetero) is 1. The number of hydrogen-bond donors (Lipinski definition) is 1. The van der Waals surface area contributed by atoms with Crippen molar-refractivity contribution in [1.82, 2.24) is 0 Å². The Morgan fingerprint density at radius 1 is 1.22 bits per heavy atom. The van der Waals surface area contributed by atoms with Crippen molar-refractivity contribution in [3.8, 4) is 17.2 Å². The Labute approximate surface area is 105 Å². The highest BCUT2D eigenvalue weighted by Gasteiger charge is 2.25. The lowest BCUT2D eigenvalue weighted by atomic mass is 10.0. The number of rotatable bonds is 6. The standard InChI is InChI=1S/C12H16FNO4/c1-16-8-6-9(17-2)12(18-3)10(11(8)13)7(15)4-5-14/h6H,4-5,14H2,1-3H3. The fourth-order valence-electron chi connectivity index (χ4n) is 1.60. The van der Waals surface area contributed by atoms with Crippen molar-refractivity contribution in [3.63, 3.8) is 0 Å². The van der Waals surface area contributed by atoms with Gasteiger partial charge in [-0.15, -0.1) is 0 Å². The number of carbonyl (C=O) groups excluding carboxylic acids is 1. The number of hydrogen-bond acceptors (Lipinski definition) is 5. The molecule has 0 radical (unpaired) electrons. The minimum atomic E-state index is -0.770. The van der Waals surface area contributed by atoms with Gasteiger partial charge in [0.05, 0.1) is 21.3 Å². The van der Waals surface area contributed by atoms with Gasteiger partial charge in [0.2, 0.25) is 0 Å². The van der Waals surface area contributed by atoms with Crippen molar-refractivity contribution >= 4 is 5.78 Å². The average Bonchev–Trinajstić information content (AvgIpc) is 2.38. The van der Waals surface area contributed by atoms with Crippen LogP contribution in [0.25, 0.3) is 0 Å². The first-order chi connectivity index (χ1) is 8.60. The lowest BCUT2D eigenvalue weighted by Crippen LogP contribution is -2.12. The number of ketones is 1. The fraction of sp³-hybridized carbons (Fsp3) is 0.417. The first kappa shape index (κ1) is 14.2. The Kier molecular flexibility index (Phi) is 4.91. The summed E-state index contributed by atoms with van der Waals surface area (Å²) in [5.74, 6) is -1.02. The molecule has 1 rings (SSSR count). The Hall–Kier alpha value is -1.82. The molecule has 0 fully saturated rings. The number of carbonyl (C=O) groups is 1. The zero-order chi connectivity index (χ0) is 13.7. The van der Waals surface area contributed by atoms with Crippen molar-refractivity contribution in [1.29, 1.82) is 0 Å². The predicted molar refractivity (Wildman–Crippen MR) is 64.1 cm³/mol. The first-order valence-corrected chi connectivity index (χ1v) is 5.32. The lowest BCUT2D eigenvalue weighted by molar-refractivity contribution is 0.0976. The van der Waals surface area contributed by atoms with E-state index in [1.807, 2.05) is 0 Å². The highest BCUT2D eigenvalue weighted by atomic mass is 19.1. The summed E-state index contributed by atoms with van der Waals surface area (Å²) < 4.78 is 29.0. The van der Waals surface area contributed by atoms with E-state index in [0.717, 1.165) is 0 Å². The average molecular weight is 257 g/mol. The normalized spacial score (nSPS) is 10.1. The second-order valence-corrected chi connectivity index (χ2v) is 3.47. The number of ether oxygens (including phenoxy) is 3. The largest absolute Gasteiger partial charge is 0.494 e. The molecule has 2 N–H and O–H groups in total. The van der Waals surface area contributed by atoms with Crippen molar-refractivity contribution < 1.29 is 23.4 Å². The van der Waals surface area contributed by atoms with Gasteiger partial charge in [-0.3, -0.25) is 4.79 Å². The summed E-state index contributed by atoms with van der Waals surface area (Å²) in [5.41, 5.74) is 5.11. The van der Waals surface area contributed by atoms with Crippen LogP contribution in [0.1, 0.15) is 16.8 Å². The summed E-state index contributed by atoms with van der Waals surface area (Å²) in [7, 11) is 4.04. The van der Waals surface area contributed by atoms with Gasteiger partial charge in [-0.1, -0.05) is 0 Å². The maximum Gasteiger partial charge on any atom is 0.179 e. The van der Waals surface area contributed by atoms with Crippen LogP contribution in [0.3, 0.4) is 0 Å². The number of halogens is 1. The SMILES string of the molecule is COc1cc(OC)c(OC)c(C(=O)CCN)c1F. The molecule has 5 nitrogen and oxygen atoms in total. The number of benzene rings is 1. The quantitative estimate of drug-likeness (QED) is 0.780. The van der Waals surface area contributed by atoms with E-state index in [4.69, 9.17) is 19.9 Å². The van der Waals surface area contributed by atoms with Gasteiger partial charge in [0.25, 0.3) is 0 Å². The minimum Gasteiger partial charge on any atom is -0.494 e. The molecule has 0 aliphatic heterocycles. The summed E-state index contributed by atoms with van der Waals surface area (Å²) in [6.07, 6.45) is 0.0175. The van der Waals surface area contributed by atoms with Gasteiger partial charge < -0.3 is 19.9 Å². The first-order valence-electron chi connectivity index (χ1n) is 5.32. The molecule has 0 aliphatic carbocycles. The van der Waals surface area contributed by atoms with Gasteiger partial charge in [-0.05, 0) is 6.54 Å². The summed E-state index contributed by atoms with van der Waals surface area (Å²) in [6.45, 7) is 0.126. The van der Waals surface area contributed by atoms with E-state index in [1.165, 1.54) is 27.4 Å². The lowest BCUT2D eigenvalue weighted by Gasteiger charge is -2.15. The van der Waals surface area contributed by atoms with Crippen LogP contribution in [0.15, 0.2) is 6.07 Å². The highest BCUT2D eigenvalue weighted by molar-refractivity contribution is 6.00. The van der Waals surface area contributed by atoms with Crippen molar-refractivity contribution in [2.24, 2.45) is 5.73 Å². The van der Waals surface area contributed by atoms with Crippen LogP contribution in [-0.4, -0.2) is 33.7 Å². The van der Waals surface area contributed by atoms with Gasteiger partial charge in [0.1, 0.15) is 5.56 Å². The molecule has 0 spiro atoms. The van der Waals surface area contributed by atoms with Crippen LogP contribution in [0.2, 0.25) is 0 Å². The fourth-order valence-corrected chi connectivity index (χ4v) is 1.60. The molecule has 0 amide bonds. The van der Waals surface area contributed by atoms with Crippen molar-refractivity contribution in [2.45, 2.75) is 6.42 Å². The molecule has 0 heterocycles. The Morgan fingerprint density at radius 2 is 1.83 bits per heavy atom. The van der Waals surface area contributed by atoms with E-state index in [0.29, 0.717) is 0 Å². The molecule has 0 aromatic heterocycles. The summed E-state index contributed by atoms with van der Waals surface area (Å²) in [4.78, 5) is 11.9. The van der Waals surface area contributed by atoms with Gasteiger partial charge in [0.15, 0.2) is 28.8 Å². The van der Waals surface area contributed by atoms with Crippen molar-refractivity contribution in [3.05, 3.63) is 17.4 Å². The smallest absolute Gasteiger partial charge is 0.179 e. The van der Waals surface area contributed by atoms with Crippen LogP contribution in [-0.2, 0) is 0 Å². The second kappa shape index (κ2) is 6.20. The molecule has 0 unspecified atom stereocenters. The van der Waals surface area contributed by atoms with Gasteiger partial charge in [-0.2, -0.15) is 0 Å². The Morgan fingerprint density at radius 3 is 2.28 bits per heavy atom. The molecule has 100 valence electrons. The molecule has 18 heavy (non-hydrogen) atoms. The molecule has 0 atom stereocenters. The van der Waals surface area contributed by atoms with E-state index in [2.05, 4.69) is 0 Å². The van der Waals surface area contributed by atoms with Crippen LogP contribution in [0.4, 0.5) is 4.39 Å². The zero-order valence-electron chi connectivity index (χ0n) is 10.6.